The van der Waals surface area contributed by atoms with Crippen molar-refractivity contribution in [3.8, 4) is 0 Å². The van der Waals surface area contributed by atoms with Crippen LogP contribution in [0.2, 0.25) is 0 Å². The molecule has 3 N–H and O–H groups in total. The van der Waals surface area contributed by atoms with E-state index in [9.17, 15) is 8.42 Å². The van der Waals surface area contributed by atoms with Crippen LogP contribution in [-0.4, -0.2) is 30.3 Å². The lowest BCUT2D eigenvalue weighted by Gasteiger charge is -2.15. The normalized spacial score (nSPS) is 16.7. The van der Waals surface area contributed by atoms with Gasteiger partial charge < -0.3 is 10.8 Å². The van der Waals surface area contributed by atoms with Gasteiger partial charge in [0.15, 0.2) is 5.17 Å². The van der Waals surface area contributed by atoms with Gasteiger partial charge in [0.2, 0.25) is 0 Å². The van der Waals surface area contributed by atoms with E-state index in [4.69, 9.17) is 0 Å². The molecule has 0 aromatic carbocycles. The smallest absolute Gasteiger partial charge is 0.288 e. The van der Waals surface area contributed by atoms with Gasteiger partial charge in [-0.05, 0) is 12.3 Å². The van der Waals surface area contributed by atoms with Crippen LogP contribution < -0.4 is 5.32 Å². The number of anilines is 1. The molecule has 0 amide bonds. The van der Waals surface area contributed by atoms with Crippen LogP contribution in [0.15, 0.2) is 27.8 Å². The second-order valence-corrected chi connectivity index (χ2v) is 4.94. The fraction of sp³-hybridized carbons (Fsp3) is 0.143. The standard InChI is InChI=1S/C7H7N3O2S2.H2O/c1-13-7-9-5-2-3-8-4-6(5)14(11,12)10-7;/h2-4H,1H3,(H,9,10);1H2. The van der Waals surface area contributed by atoms with Crippen molar-refractivity contribution in [3.63, 3.8) is 0 Å². The molecular weight excluding hydrogens is 238 g/mol. The number of rotatable bonds is 0. The zero-order valence-electron chi connectivity index (χ0n) is 7.76. The Morgan fingerprint density at radius 1 is 1.47 bits per heavy atom. The summed E-state index contributed by atoms with van der Waals surface area (Å²) in [6.45, 7) is 0. The van der Waals surface area contributed by atoms with Crippen LogP contribution in [0.1, 0.15) is 0 Å². The van der Waals surface area contributed by atoms with Crippen molar-refractivity contribution < 1.29 is 13.9 Å². The number of pyridine rings is 1. The number of fused-ring (bicyclic) bond motifs is 1. The summed E-state index contributed by atoms with van der Waals surface area (Å²) in [5.41, 5.74) is 0.527. The Morgan fingerprint density at radius 2 is 2.20 bits per heavy atom. The van der Waals surface area contributed by atoms with Crippen molar-refractivity contribution in [2.75, 3.05) is 11.6 Å². The maximum absolute atomic E-state index is 11.6. The second kappa shape index (κ2) is 4.17. The van der Waals surface area contributed by atoms with Gasteiger partial charge in [0.1, 0.15) is 4.90 Å². The van der Waals surface area contributed by atoms with E-state index in [-0.39, 0.29) is 10.4 Å². The Bertz CT molecular complexity index is 498. The molecule has 1 aromatic rings. The first-order chi connectivity index (χ1) is 6.63. The van der Waals surface area contributed by atoms with Crippen LogP contribution in [0.4, 0.5) is 5.69 Å². The highest BCUT2D eigenvalue weighted by Gasteiger charge is 2.24. The van der Waals surface area contributed by atoms with Gasteiger partial charge in [-0.2, -0.15) is 8.42 Å². The van der Waals surface area contributed by atoms with E-state index < -0.39 is 10.0 Å². The molecule has 0 aliphatic carbocycles. The fourth-order valence-corrected chi connectivity index (χ4v) is 2.83. The van der Waals surface area contributed by atoms with Gasteiger partial charge in [-0.25, -0.2) is 0 Å². The third-order valence-corrected chi connectivity index (χ3v) is 3.70. The molecule has 0 unspecified atom stereocenters. The first-order valence-electron chi connectivity index (χ1n) is 3.73. The van der Waals surface area contributed by atoms with Gasteiger partial charge in [-0.3, -0.25) is 4.98 Å². The predicted molar refractivity (Wildman–Crippen MR) is 59.6 cm³/mol. The van der Waals surface area contributed by atoms with E-state index in [1.54, 1.807) is 12.3 Å². The van der Waals surface area contributed by atoms with Gasteiger partial charge in [0.05, 0.1) is 5.69 Å². The number of hydrogen-bond acceptors (Lipinski definition) is 5. The molecule has 0 atom stereocenters. The van der Waals surface area contributed by atoms with Gasteiger partial charge in [-0.1, -0.05) is 11.8 Å². The molecule has 82 valence electrons. The topological polar surface area (TPSA) is 103 Å². The molecule has 1 aliphatic rings. The van der Waals surface area contributed by atoms with E-state index in [0.29, 0.717) is 10.9 Å². The van der Waals surface area contributed by atoms with Crippen molar-refractivity contribution in [1.82, 2.24) is 4.98 Å². The molecule has 0 bridgehead atoms. The summed E-state index contributed by atoms with van der Waals surface area (Å²) in [6.07, 6.45) is 4.58. The minimum Gasteiger partial charge on any atom is -0.412 e. The lowest BCUT2D eigenvalue weighted by molar-refractivity contribution is 0.597. The summed E-state index contributed by atoms with van der Waals surface area (Å²) in [5.74, 6) is 0. The van der Waals surface area contributed by atoms with E-state index >= 15 is 0 Å². The Labute approximate surface area is 91.2 Å². The number of thioether (sulfide) groups is 1. The zero-order chi connectivity index (χ0) is 10.2. The van der Waals surface area contributed by atoms with E-state index in [0.717, 1.165) is 0 Å². The summed E-state index contributed by atoms with van der Waals surface area (Å²) in [5, 5.41) is 3.27. The van der Waals surface area contributed by atoms with Crippen molar-refractivity contribution >= 4 is 32.6 Å². The molecule has 0 radical (unpaired) electrons. The lowest BCUT2D eigenvalue weighted by Crippen LogP contribution is -2.18. The highest BCUT2D eigenvalue weighted by Crippen LogP contribution is 2.27. The second-order valence-electron chi connectivity index (χ2n) is 2.57. The largest absolute Gasteiger partial charge is 0.412 e. The molecule has 1 aliphatic heterocycles. The van der Waals surface area contributed by atoms with Crippen LogP contribution in [0.5, 0.6) is 0 Å². The maximum atomic E-state index is 11.6. The van der Waals surface area contributed by atoms with Crippen molar-refractivity contribution in [1.29, 1.82) is 0 Å². The molecular formula is C7H9N3O3S2. The minimum absolute atomic E-state index is 0. The highest BCUT2D eigenvalue weighted by atomic mass is 32.2. The number of sulfonamides is 1. The third-order valence-electron chi connectivity index (χ3n) is 1.70. The van der Waals surface area contributed by atoms with Crippen molar-refractivity contribution in [3.05, 3.63) is 18.5 Å². The first kappa shape index (κ1) is 12.0. The summed E-state index contributed by atoms with van der Waals surface area (Å²) in [7, 11) is -3.56. The quantitative estimate of drug-likeness (QED) is 0.699. The van der Waals surface area contributed by atoms with Crippen molar-refractivity contribution in [2.45, 2.75) is 4.90 Å². The fourth-order valence-electron chi connectivity index (χ4n) is 1.07. The molecule has 0 saturated heterocycles. The van der Waals surface area contributed by atoms with Crippen LogP contribution in [0.3, 0.4) is 0 Å². The Hall–Kier alpha value is -1.12. The van der Waals surface area contributed by atoms with Gasteiger partial charge in [0.25, 0.3) is 10.0 Å². The van der Waals surface area contributed by atoms with Gasteiger partial charge in [-0.15, -0.1) is 4.40 Å². The molecule has 2 rings (SSSR count). The monoisotopic (exact) mass is 247 g/mol. The maximum Gasteiger partial charge on any atom is 0.288 e. The summed E-state index contributed by atoms with van der Waals surface area (Å²) in [6, 6.07) is 1.61. The van der Waals surface area contributed by atoms with E-state index in [1.165, 1.54) is 24.2 Å². The SMILES string of the molecule is CSC1=NS(=O)(=O)c2cnccc2N1.O. The highest BCUT2D eigenvalue weighted by molar-refractivity contribution is 8.14. The number of nitrogens with one attached hydrogen (secondary N) is 1. The van der Waals surface area contributed by atoms with E-state index in [1.807, 2.05) is 0 Å². The average molecular weight is 247 g/mol. The molecule has 15 heavy (non-hydrogen) atoms. The predicted octanol–water partition coefficient (Wildman–Crippen LogP) is 0.0901. The first-order valence-corrected chi connectivity index (χ1v) is 6.40. The molecule has 8 heteroatoms. The zero-order valence-corrected chi connectivity index (χ0v) is 9.39. The Morgan fingerprint density at radius 3 is 2.87 bits per heavy atom. The summed E-state index contributed by atoms with van der Waals surface area (Å²) >= 11 is 1.25. The van der Waals surface area contributed by atoms with Crippen LogP contribution in [0, 0.1) is 0 Å². The van der Waals surface area contributed by atoms with Crippen LogP contribution in [-0.2, 0) is 10.0 Å². The number of hydrogen-bond donors (Lipinski definition) is 1. The summed E-state index contributed by atoms with van der Waals surface area (Å²) < 4.78 is 26.7. The molecule has 0 spiro atoms. The lowest BCUT2D eigenvalue weighted by atomic mass is 10.4. The summed E-state index contributed by atoms with van der Waals surface area (Å²) in [4.78, 5) is 3.87. The van der Waals surface area contributed by atoms with Crippen LogP contribution >= 0.6 is 11.8 Å². The number of nitrogens with zero attached hydrogens (tertiary/aromatic N) is 2. The number of amidine groups is 1. The molecule has 1 aromatic heterocycles. The Balaban J connectivity index is 0.00000112. The van der Waals surface area contributed by atoms with E-state index in [2.05, 4.69) is 14.7 Å². The third kappa shape index (κ3) is 2.11. The minimum atomic E-state index is -3.56. The molecule has 0 saturated carbocycles. The number of aromatic nitrogens is 1. The molecule has 0 fully saturated rings. The van der Waals surface area contributed by atoms with Gasteiger partial charge in [0, 0.05) is 12.4 Å². The molecule has 6 nitrogen and oxygen atoms in total. The Kier molecular flexibility index (Phi) is 3.32. The molecule has 2 heterocycles. The van der Waals surface area contributed by atoms with Crippen molar-refractivity contribution in [2.24, 2.45) is 4.40 Å². The van der Waals surface area contributed by atoms with Crippen LogP contribution in [0.25, 0.3) is 0 Å². The average Bonchev–Trinajstić information content (AvgIpc) is 2.17. The van der Waals surface area contributed by atoms with Gasteiger partial charge >= 0.3 is 0 Å².